The fourth-order valence-corrected chi connectivity index (χ4v) is 3.13. The van der Waals surface area contributed by atoms with Gasteiger partial charge in [0.15, 0.2) is 0 Å². The molecule has 4 nitrogen and oxygen atoms in total. The number of rotatable bonds is 6. The van der Waals surface area contributed by atoms with E-state index in [0.29, 0.717) is 6.04 Å². The lowest BCUT2D eigenvalue weighted by Gasteiger charge is -2.32. The van der Waals surface area contributed by atoms with E-state index >= 15 is 0 Å². The average Bonchev–Trinajstić information content (AvgIpc) is 3.09. The van der Waals surface area contributed by atoms with Crippen LogP contribution in [0.4, 0.5) is 0 Å². The second-order valence-corrected chi connectivity index (χ2v) is 6.51. The van der Waals surface area contributed by atoms with Crippen molar-refractivity contribution in [3.8, 4) is 5.69 Å². The largest absolute Gasteiger partial charge is 0.310 e. The van der Waals surface area contributed by atoms with Gasteiger partial charge in [-0.2, -0.15) is 5.10 Å². The molecule has 1 aromatic carbocycles. The van der Waals surface area contributed by atoms with Crippen LogP contribution in [0.25, 0.3) is 5.69 Å². The maximum Gasteiger partial charge on any atom is 0.0645 e. The monoisotopic (exact) mass is 310 g/mol. The van der Waals surface area contributed by atoms with Crippen molar-refractivity contribution in [3.63, 3.8) is 0 Å². The van der Waals surface area contributed by atoms with Gasteiger partial charge in [0, 0.05) is 31.5 Å². The van der Waals surface area contributed by atoms with Crippen LogP contribution in [0.3, 0.4) is 0 Å². The van der Waals surface area contributed by atoms with E-state index in [4.69, 9.17) is 0 Å². The number of nitrogens with one attached hydrogen (secondary N) is 1. The average molecular weight is 310 g/mol. The summed E-state index contributed by atoms with van der Waals surface area (Å²) < 4.78 is 1.88. The van der Waals surface area contributed by atoms with Crippen molar-refractivity contribution < 1.29 is 0 Å². The molecule has 122 valence electrons. The van der Waals surface area contributed by atoms with Crippen molar-refractivity contribution in [2.24, 2.45) is 0 Å². The fraction of sp³-hybridized carbons (Fsp3) is 0.421. The second-order valence-electron chi connectivity index (χ2n) is 6.51. The lowest BCUT2D eigenvalue weighted by Crippen LogP contribution is -2.42. The van der Waals surface area contributed by atoms with E-state index in [0.717, 1.165) is 18.8 Å². The smallest absolute Gasteiger partial charge is 0.0645 e. The normalized spacial score (nSPS) is 16.6. The molecule has 0 saturated carbocycles. The molecule has 1 saturated heterocycles. The summed E-state index contributed by atoms with van der Waals surface area (Å²) in [7, 11) is 0. The third-order valence-corrected chi connectivity index (χ3v) is 4.38. The highest BCUT2D eigenvalue weighted by atomic mass is 15.3. The molecule has 0 aliphatic carbocycles. The van der Waals surface area contributed by atoms with Crippen LogP contribution in [-0.2, 0) is 6.54 Å². The molecule has 23 heavy (non-hydrogen) atoms. The topological polar surface area (TPSA) is 33.1 Å². The van der Waals surface area contributed by atoms with E-state index in [1.165, 1.54) is 37.1 Å². The number of piperidine rings is 1. The van der Waals surface area contributed by atoms with Gasteiger partial charge in [-0.05, 0) is 56.6 Å². The Balaban J connectivity index is 1.45. The van der Waals surface area contributed by atoms with Crippen LogP contribution in [0, 0.1) is 0 Å². The van der Waals surface area contributed by atoms with E-state index < -0.39 is 0 Å². The summed E-state index contributed by atoms with van der Waals surface area (Å²) >= 11 is 0. The van der Waals surface area contributed by atoms with Gasteiger partial charge in [-0.3, -0.25) is 4.90 Å². The lowest BCUT2D eigenvalue weighted by atomic mass is 10.0. The molecule has 0 unspecified atom stereocenters. The van der Waals surface area contributed by atoms with Gasteiger partial charge in [-0.1, -0.05) is 24.3 Å². The standard InChI is InChI=1S/C19H26N4/c1-16(2)15-22-12-8-18(9-13-22)20-14-17-4-6-19(7-5-17)23-11-3-10-21-23/h3-7,10-11,18,20H,1,8-9,12-15H2,2H3. The van der Waals surface area contributed by atoms with Gasteiger partial charge in [0.2, 0.25) is 0 Å². The number of nitrogens with zero attached hydrogens (tertiary/aromatic N) is 3. The van der Waals surface area contributed by atoms with Crippen molar-refractivity contribution in [1.82, 2.24) is 20.0 Å². The molecule has 0 amide bonds. The van der Waals surface area contributed by atoms with Crippen LogP contribution in [-0.4, -0.2) is 40.4 Å². The first-order valence-corrected chi connectivity index (χ1v) is 8.40. The van der Waals surface area contributed by atoms with Crippen molar-refractivity contribution in [1.29, 1.82) is 0 Å². The van der Waals surface area contributed by atoms with Crippen molar-refractivity contribution in [3.05, 3.63) is 60.4 Å². The summed E-state index contributed by atoms with van der Waals surface area (Å²) in [5.74, 6) is 0. The Morgan fingerprint density at radius 2 is 2.00 bits per heavy atom. The van der Waals surface area contributed by atoms with Gasteiger partial charge in [0.25, 0.3) is 0 Å². The predicted octanol–water partition coefficient (Wildman–Crippen LogP) is 3.00. The van der Waals surface area contributed by atoms with Gasteiger partial charge in [-0.15, -0.1) is 0 Å². The molecule has 0 bridgehead atoms. The highest BCUT2D eigenvalue weighted by molar-refractivity contribution is 5.33. The first-order chi connectivity index (χ1) is 11.2. The van der Waals surface area contributed by atoms with Gasteiger partial charge in [-0.25, -0.2) is 4.68 Å². The van der Waals surface area contributed by atoms with Gasteiger partial charge < -0.3 is 5.32 Å². The Morgan fingerprint density at radius 3 is 2.61 bits per heavy atom. The zero-order chi connectivity index (χ0) is 16.1. The SMILES string of the molecule is C=C(C)CN1CCC(NCc2ccc(-n3cccn3)cc2)CC1. The number of likely N-dealkylation sites (tertiary alicyclic amines) is 1. The van der Waals surface area contributed by atoms with Crippen LogP contribution in [0.1, 0.15) is 25.3 Å². The number of hydrogen-bond acceptors (Lipinski definition) is 3. The molecule has 0 radical (unpaired) electrons. The molecule has 2 heterocycles. The van der Waals surface area contributed by atoms with Crippen LogP contribution >= 0.6 is 0 Å². The Labute approximate surface area is 138 Å². The quantitative estimate of drug-likeness (QED) is 0.833. The number of hydrogen-bond donors (Lipinski definition) is 1. The van der Waals surface area contributed by atoms with Crippen LogP contribution < -0.4 is 5.32 Å². The Hall–Kier alpha value is -1.91. The minimum atomic E-state index is 0.627. The van der Waals surface area contributed by atoms with Gasteiger partial charge in [0.05, 0.1) is 5.69 Å². The summed E-state index contributed by atoms with van der Waals surface area (Å²) in [5, 5.41) is 7.95. The zero-order valence-electron chi connectivity index (χ0n) is 13.9. The van der Waals surface area contributed by atoms with Gasteiger partial charge in [0.1, 0.15) is 0 Å². The first-order valence-electron chi connectivity index (χ1n) is 8.40. The molecule has 1 aliphatic heterocycles. The molecule has 4 heteroatoms. The van der Waals surface area contributed by atoms with E-state index in [1.807, 2.05) is 16.9 Å². The van der Waals surface area contributed by atoms with Crippen LogP contribution in [0.5, 0.6) is 0 Å². The second kappa shape index (κ2) is 7.57. The number of aromatic nitrogens is 2. The van der Waals surface area contributed by atoms with Crippen molar-refractivity contribution >= 4 is 0 Å². The minimum absolute atomic E-state index is 0.627. The molecule has 0 atom stereocenters. The Bertz CT molecular complexity index is 607. The van der Waals surface area contributed by atoms with E-state index in [9.17, 15) is 0 Å². The third kappa shape index (κ3) is 4.53. The van der Waals surface area contributed by atoms with Gasteiger partial charge >= 0.3 is 0 Å². The maximum atomic E-state index is 4.25. The minimum Gasteiger partial charge on any atom is -0.310 e. The molecular formula is C19H26N4. The molecule has 1 aliphatic rings. The summed E-state index contributed by atoms with van der Waals surface area (Å²) in [6.45, 7) is 10.4. The van der Waals surface area contributed by atoms with Crippen LogP contribution in [0.2, 0.25) is 0 Å². The maximum absolute atomic E-state index is 4.25. The van der Waals surface area contributed by atoms with Crippen molar-refractivity contribution in [2.75, 3.05) is 19.6 Å². The van der Waals surface area contributed by atoms with Crippen LogP contribution in [0.15, 0.2) is 54.9 Å². The Morgan fingerprint density at radius 1 is 1.26 bits per heavy atom. The predicted molar refractivity (Wildman–Crippen MR) is 94.7 cm³/mol. The summed E-state index contributed by atoms with van der Waals surface area (Å²) in [4.78, 5) is 2.50. The first kappa shape index (κ1) is 16.0. The third-order valence-electron chi connectivity index (χ3n) is 4.38. The zero-order valence-corrected chi connectivity index (χ0v) is 13.9. The molecule has 2 aromatic rings. The molecular weight excluding hydrogens is 284 g/mol. The summed E-state index contributed by atoms with van der Waals surface area (Å²) in [6.07, 6.45) is 6.21. The fourth-order valence-electron chi connectivity index (χ4n) is 3.13. The van der Waals surface area contributed by atoms with Crippen molar-refractivity contribution in [2.45, 2.75) is 32.4 Å². The molecule has 3 rings (SSSR count). The van der Waals surface area contributed by atoms with E-state index in [2.05, 4.69) is 53.1 Å². The molecule has 1 N–H and O–H groups in total. The highest BCUT2D eigenvalue weighted by Gasteiger charge is 2.18. The van der Waals surface area contributed by atoms with E-state index in [-0.39, 0.29) is 0 Å². The lowest BCUT2D eigenvalue weighted by molar-refractivity contribution is 0.211. The van der Waals surface area contributed by atoms with E-state index in [1.54, 1.807) is 6.20 Å². The summed E-state index contributed by atoms with van der Waals surface area (Å²) in [6, 6.07) is 11.2. The number of benzene rings is 1. The highest BCUT2D eigenvalue weighted by Crippen LogP contribution is 2.13. The molecule has 1 aromatic heterocycles. The summed E-state index contributed by atoms with van der Waals surface area (Å²) in [5.41, 5.74) is 3.69. The Kier molecular flexibility index (Phi) is 5.26. The molecule has 1 fully saturated rings. The molecule has 0 spiro atoms.